The minimum absolute atomic E-state index is 0.376. The Morgan fingerprint density at radius 3 is 2.33 bits per heavy atom. The smallest absolute Gasteiger partial charge is 0.408 e. The first kappa shape index (κ1) is 18.0. The number of alkyl carbamates (subject to hydrolysis) is 1. The predicted octanol–water partition coefficient (Wildman–Crippen LogP) is 1.31. The first-order valence-electron chi connectivity index (χ1n) is 7.78. The number of rotatable bonds is 3. The number of anilines is 1. The van der Waals surface area contributed by atoms with E-state index in [-0.39, 0.29) is 0 Å². The van der Waals surface area contributed by atoms with Gasteiger partial charge in [-0.15, -0.1) is 0 Å². The summed E-state index contributed by atoms with van der Waals surface area (Å²) in [4.78, 5) is 34.7. The standard InChI is InChI=1S/C16H23N4O4/c1-15(2,3)24-14(22)19-16(12(21)23-4)6-10-20(11-7-16)13-17-8-5-9-18-13/h8-9H,6-7,10-11H2,1-4H3,(H,19,22). The van der Waals surface area contributed by atoms with Crippen molar-refractivity contribution in [2.45, 2.75) is 44.8 Å². The van der Waals surface area contributed by atoms with Crippen LogP contribution in [0.2, 0.25) is 0 Å². The number of nitrogens with zero attached hydrogens (tertiary/aromatic N) is 3. The molecule has 0 saturated carbocycles. The topological polar surface area (TPSA) is 93.6 Å². The quantitative estimate of drug-likeness (QED) is 0.832. The molecule has 8 nitrogen and oxygen atoms in total. The number of amides is 1. The molecule has 2 rings (SSSR count). The molecule has 1 aliphatic rings. The van der Waals surface area contributed by atoms with Crippen LogP contribution in [0.3, 0.4) is 0 Å². The Balaban J connectivity index is 2.08. The summed E-state index contributed by atoms with van der Waals surface area (Å²) in [7, 11) is 1.31. The number of aromatic nitrogens is 2. The van der Waals surface area contributed by atoms with Gasteiger partial charge in [-0.25, -0.2) is 19.6 Å². The van der Waals surface area contributed by atoms with Crippen molar-refractivity contribution >= 4 is 18.0 Å². The fraction of sp³-hybridized carbons (Fsp3) is 0.625. The van der Waals surface area contributed by atoms with E-state index in [0.717, 1.165) is 0 Å². The summed E-state index contributed by atoms with van der Waals surface area (Å²) in [5.41, 5.74) is -1.75. The third-order valence-electron chi connectivity index (χ3n) is 3.73. The minimum Gasteiger partial charge on any atom is -0.467 e. The molecule has 1 aromatic rings. The Kier molecular flexibility index (Phi) is 5.26. The molecular weight excluding hydrogens is 312 g/mol. The number of piperidine rings is 1. The molecular formula is C16H23N4O4. The molecule has 0 aliphatic carbocycles. The van der Waals surface area contributed by atoms with E-state index in [2.05, 4.69) is 21.4 Å². The van der Waals surface area contributed by atoms with E-state index in [1.54, 1.807) is 33.2 Å². The lowest BCUT2D eigenvalue weighted by Crippen LogP contribution is -2.61. The fourth-order valence-electron chi connectivity index (χ4n) is 2.58. The second-order valence-electron chi connectivity index (χ2n) is 6.67. The lowest BCUT2D eigenvalue weighted by molar-refractivity contribution is -0.149. The first-order valence-corrected chi connectivity index (χ1v) is 7.78. The molecule has 1 saturated heterocycles. The van der Waals surface area contributed by atoms with Crippen LogP contribution in [0, 0.1) is 6.07 Å². The molecule has 1 fully saturated rings. The maximum atomic E-state index is 12.3. The highest BCUT2D eigenvalue weighted by Crippen LogP contribution is 2.26. The molecule has 131 valence electrons. The van der Waals surface area contributed by atoms with Crippen LogP contribution < -0.4 is 10.2 Å². The van der Waals surface area contributed by atoms with Gasteiger partial charge in [-0.2, -0.15) is 0 Å². The van der Waals surface area contributed by atoms with Gasteiger partial charge in [0.2, 0.25) is 5.95 Å². The number of hydrogen-bond acceptors (Lipinski definition) is 7. The Bertz CT molecular complexity index is 577. The number of carbonyl (C=O) groups is 2. The second-order valence-corrected chi connectivity index (χ2v) is 6.67. The molecule has 1 N–H and O–H groups in total. The van der Waals surface area contributed by atoms with Gasteiger partial charge in [-0.3, -0.25) is 0 Å². The molecule has 0 aromatic carbocycles. The van der Waals surface area contributed by atoms with Crippen LogP contribution in [0.4, 0.5) is 10.7 Å². The van der Waals surface area contributed by atoms with Crippen molar-refractivity contribution in [3.8, 4) is 0 Å². The Morgan fingerprint density at radius 2 is 1.83 bits per heavy atom. The summed E-state index contributed by atoms with van der Waals surface area (Å²) < 4.78 is 10.2. The fourth-order valence-corrected chi connectivity index (χ4v) is 2.58. The monoisotopic (exact) mass is 335 g/mol. The third kappa shape index (κ3) is 4.33. The van der Waals surface area contributed by atoms with Gasteiger partial charge in [0.05, 0.1) is 7.11 Å². The summed E-state index contributed by atoms with van der Waals surface area (Å²) >= 11 is 0. The van der Waals surface area contributed by atoms with Gasteiger partial charge in [0.15, 0.2) is 0 Å². The van der Waals surface area contributed by atoms with Crippen molar-refractivity contribution in [3.05, 3.63) is 18.5 Å². The van der Waals surface area contributed by atoms with Gasteiger partial charge < -0.3 is 19.7 Å². The molecule has 8 heteroatoms. The number of esters is 1. The minimum atomic E-state index is -1.10. The summed E-state index contributed by atoms with van der Waals surface area (Å²) in [5, 5.41) is 2.70. The zero-order valence-corrected chi connectivity index (χ0v) is 14.5. The number of methoxy groups -OCH3 is 1. The van der Waals surface area contributed by atoms with Crippen LogP contribution in [-0.2, 0) is 14.3 Å². The highest BCUT2D eigenvalue weighted by molar-refractivity contribution is 5.86. The Labute approximate surface area is 141 Å². The largest absolute Gasteiger partial charge is 0.467 e. The van der Waals surface area contributed by atoms with Gasteiger partial charge in [0.25, 0.3) is 0 Å². The molecule has 1 aliphatic heterocycles. The zero-order chi connectivity index (χ0) is 17.8. The van der Waals surface area contributed by atoms with Crippen molar-refractivity contribution in [2.75, 3.05) is 25.1 Å². The van der Waals surface area contributed by atoms with Crippen molar-refractivity contribution in [1.82, 2.24) is 15.3 Å². The van der Waals surface area contributed by atoms with Gasteiger partial charge in [-0.05, 0) is 33.6 Å². The van der Waals surface area contributed by atoms with E-state index in [4.69, 9.17) is 9.47 Å². The molecule has 0 bridgehead atoms. The second kappa shape index (κ2) is 7.02. The van der Waals surface area contributed by atoms with Crippen LogP contribution >= 0.6 is 0 Å². The molecule has 0 unspecified atom stereocenters. The van der Waals surface area contributed by atoms with Crippen LogP contribution in [0.15, 0.2) is 12.4 Å². The van der Waals surface area contributed by atoms with Crippen molar-refractivity contribution in [3.63, 3.8) is 0 Å². The molecule has 0 atom stereocenters. The summed E-state index contributed by atoms with van der Waals surface area (Å²) in [6.45, 7) is 6.32. The van der Waals surface area contributed by atoms with Gasteiger partial charge in [-0.1, -0.05) is 0 Å². The number of ether oxygens (including phenoxy) is 2. The normalized spacial score (nSPS) is 17.1. The lowest BCUT2D eigenvalue weighted by Gasteiger charge is -2.40. The number of carbonyl (C=O) groups excluding carboxylic acids is 2. The molecule has 24 heavy (non-hydrogen) atoms. The van der Waals surface area contributed by atoms with E-state index in [1.807, 2.05) is 4.90 Å². The maximum Gasteiger partial charge on any atom is 0.408 e. The van der Waals surface area contributed by atoms with Crippen LogP contribution in [0.25, 0.3) is 0 Å². The van der Waals surface area contributed by atoms with E-state index < -0.39 is 23.2 Å². The highest BCUT2D eigenvalue weighted by atomic mass is 16.6. The predicted molar refractivity (Wildman–Crippen MR) is 86.4 cm³/mol. The van der Waals surface area contributed by atoms with Crippen molar-refractivity contribution in [1.29, 1.82) is 0 Å². The average molecular weight is 335 g/mol. The molecule has 1 aromatic heterocycles. The molecule has 1 radical (unpaired) electrons. The molecule has 2 heterocycles. The number of nitrogens with one attached hydrogen (secondary N) is 1. The molecule has 1 amide bonds. The van der Waals surface area contributed by atoms with Gasteiger partial charge in [0, 0.05) is 31.5 Å². The van der Waals surface area contributed by atoms with Gasteiger partial charge in [0.1, 0.15) is 11.1 Å². The average Bonchev–Trinajstić information content (AvgIpc) is 2.53. The zero-order valence-electron chi connectivity index (χ0n) is 14.5. The van der Waals surface area contributed by atoms with E-state index in [9.17, 15) is 9.59 Å². The molecule has 0 spiro atoms. The maximum absolute atomic E-state index is 12.3. The van der Waals surface area contributed by atoms with Crippen molar-refractivity contribution < 1.29 is 19.1 Å². The first-order chi connectivity index (χ1) is 11.3. The Morgan fingerprint density at radius 1 is 1.25 bits per heavy atom. The third-order valence-corrected chi connectivity index (χ3v) is 3.73. The van der Waals surface area contributed by atoms with Crippen LogP contribution in [-0.4, -0.2) is 53.4 Å². The summed E-state index contributed by atoms with van der Waals surface area (Å²) in [6.07, 6.45) is 3.21. The number of hydrogen-bond donors (Lipinski definition) is 1. The van der Waals surface area contributed by atoms with E-state index in [1.165, 1.54) is 7.11 Å². The van der Waals surface area contributed by atoms with Crippen molar-refractivity contribution in [2.24, 2.45) is 0 Å². The highest BCUT2D eigenvalue weighted by Gasteiger charge is 2.45. The Hall–Kier alpha value is -2.38. The van der Waals surface area contributed by atoms with Crippen LogP contribution in [0.1, 0.15) is 33.6 Å². The summed E-state index contributed by atoms with van der Waals surface area (Å²) in [5.74, 6) is 0.0970. The van der Waals surface area contributed by atoms with Gasteiger partial charge >= 0.3 is 12.1 Å². The summed E-state index contributed by atoms with van der Waals surface area (Å²) in [6, 6.07) is 2.77. The van der Waals surface area contributed by atoms with E-state index in [0.29, 0.717) is 31.9 Å². The SMILES string of the molecule is COC(=O)C1(NC(=O)OC(C)(C)C)CCN(c2nc[c]cn2)CC1. The van der Waals surface area contributed by atoms with E-state index >= 15 is 0 Å². The lowest BCUT2D eigenvalue weighted by atomic mass is 9.87. The van der Waals surface area contributed by atoms with Crippen LogP contribution in [0.5, 0.6) is 0 Å².